The molecule has 3 rings (SSSR count). The van der Waals surface area contributed by atoms with E-state index in [2.05, 4.69) is 15.9 Å². The summed E-state index contributed by atoms with van der Waals surface area (Å²) in [5.41, 5.74) is 1.25. The van der Waals surface area contributed by atoms with Crippen molar-refractivity contribution in [2.24, 2.45) is 0 Å². The third-order valence-corrected chi connectivity index (χ3v) is 6.82. The number of hydrogen-bond acceptors (Lipinski definition) is 4. The highest BCUT2D eigenvalue weighted by atomic mass is 79.9. The van der Waals surface area contributed by atoms with E-state index >= 15 is 0 Å². The van der Waals surface area contributed by atoms with Gasteiger partial charge >= 0.3 is 0 Å². The molecule has 0 aliphatic heterocycles. The number of halogens is 2. The van der Waals surface area contributed by atoms with Crippen molar-refractivity contribution in [2.75, 3.05) is 14.2 Å². The van der Waals surface area contributed by atoms with E-state index in [9.17, 15) is 8.42 Å². The molecule has 0 radical (unpaired) electrons. The lowest BCUT2D eigenvalue weighted by atomic mass is 10.2. The van der Waals surface area contributed by atoms with Crippen molar-refractivity contribution in [3.63, 3.8) is 0 Å². The van der Waals surface area contributed by atoms with E-state index in [1.807, 2.05) is 0 Å². The molecule has 0 saturated carbocycles. The smallest absolute Gasteiger partial charge is 0.269 e. The minimum Gasteiger partial charge on any atom is -0.497 e. The summed E-state index contributed by atoms with van der Waals surface area (Å²) in [7, 11) is -0.733. The van der Waals surface area contributed by atoms with Gasteiger partial charge in [-0.05, 0) is 57.9 Å². The van der Waals surface area contributed by atoms with E-state index < -0.39 is 10.0 Å². The van der Waals surface area contributed by atoms with Crippen LogP contribution in [0.2, 0.25) is 0 Å². The number of ether oxygens (including phenoxy) is 2. The van der Waals surface area contributed by atoms with Gasteiger partial charge in [-0.2, -0.15) is 0 Å². The molecule has 25 heavy (non-hydrogen) atoms. The summed E-state index contributed by atoms with van der Waals surface area (Å²) in [6, 6.07) is 9.93. The van der Waals surface area contributed by atoms with Crippen LogP contribution in [-0.4, -0.2) is 26.6 Å². The maximum Gasteiger partial charge on any atom is 0.269 e. The minimum absolute atomic E-state index is 0.141. The van der Waals surface area contributed by atoms with Crippen molar-refractivity contribution >= 4 is 48.5 Å². The normalized spacial score (nSPS) is 11.7. The third-order valence-electron chi connectivity index (χ3n) is 3.88. The first kappa shape index (κ1) is 18.1. The second-order valence-corrected chi connectivity index (χ2v) is 8.17. The number of nitrogens with zero attached hydrogens (tertiary/aromatic N) is 1. The largest absolute Gasteiger partial charge is 0.497 e. The van der Waals surface area contributed by atoms with Crippen molar-refractivity contribution in [1.82, 2.24) is 3.97 Å². The minimum atomic E-state index is -3.82. The Labute approximate surface area is 159 Å². The molecular weight excluding hydrogens is 430 g/mol. The molecule has 0 spiro atoms. The van der Waals surface area contributed by atoms with Gasteiger partial charge in [0.25, 0.3) is 10.0 Å². The first-order valence-electron chi connectivity index (χ1n) is 7.25. The van der Waals surface area contributed by atoms with Crippen LogP contribution in [-0.2, 0) is 15.9 Å². The van der Waals surface area contributed by atoms with Crippen LogP contribution in [0.5, 0.6) is 11.5 Å². The molecule has 1 heterocycles. The molecule has 0 fully saturated rings. The fourth-order valence-electron chi connectivity index (χ4n) is 2.60. The van der Waals surface area contributed by atoms with Crippen LogP contribution < -0.4 is 9.47 Å². The fraction of sp³-hybridized carbons (Fsp3) is 0.176. The summed E-state index contributed by atoms with van der Waals surface area (Å²) < 4.78 is 38.4. The third kappa shape index (κ3) is 3.12. The summed E-state index contributed by atoms with van der Waals surface area (Å²) in [6.45, 7) is 0. The number of alkyl halides is 1. The molecule has 3 aromatic rings. The van der Waals surface area contributed by atoms with Gasteiger partial charge in [-0.15, -0.1) is 11.6 Å². The SMILES string of the molecule is COc1ccc(S(=O)(=O)n2cc(CCl)c3cc(OC)ccc32)c(Br)c1. The Morgan fingerprint density at radius 3 is 2.32 bits per heavy atom. The van der Waals surface area contributed by atoms with Gasteiger partial charge in [0.15, 0.2) is 0 Å². The first-order chi connectivity index (χ1) is 11.9. The van der Waals surface area contributed by atoms with E-state index in [0.717, 1.165) is 5.39 Å². The van der Waals surface area contributed by atoms with E-state index in [0.29, 0.717) is 27.1 Å². The second-order valence-electron chi connectivity index (χ2n) is 5.27. The van der Waals surface area contributed by atoms with Gasteiger partial charge in [-0.25, -0.2) is 12.4 Å². The van der Waals surface area contributed by atoms with E-state index in [-0.39, 0.29) is 10.8 Å². The van der Waals surface area contributed by atoms with Gasteiger partial charge in [0.2, 0.25) is 0 Å². The number of hydrogen-bond donors (Lipinski definition) is 0. The van der Waals surface area contributed by atoms with Crippen molar-refractivity contribution in [2.45, 2.75) is 10.8 Å². The molecule has 0 atom stereocenters. The number of benzene rings is 2. The first-order valence-corrected chi connectivity index (χ1v) is 10.0. The molecule has 5 nitrogen and oxygen atoms in total. The van der Waals surface area contributed by atoms with Crippen LogP contribution in [0.15, 0.2) is 52.0 Å². The number of aromatic nitrogens is 1. The molecule has 0 aliphatic carbocycles. The molecule has 0 N–H and O–H groups in total. The summed E-state index contributed by atoms with van der Waals surface area (Å²) in [4.78, 5) is 0.141. The monoisotopic (exact) mass is 443 g/mol. The Bertz CT molecular complexity index is 1050. The fourth-order valence-corrected chi connectivity index (χ4v) is 5.23. The predicted octanol–water partition coefficient (Wildman–Crippen LogP) is 4.40. The molecule has 0 aliphatic rings. The Hall–Kier alpha value is -1.70. The lowest BCUT2D eigenvalue weighted by Crippen LogP contribution is -2.12. The van der Waals surface area contributed by atoms with Gasteiger partial charge in [0.05, 0.1) is 19.7 Å². The Morgan fingerprint density at radius 2 is 1.72 bits per heavy atom. The average molecular weight is 445 g/mol. The second kappa shape index (κ2) is 6.90. The van der Waals surface area contributed by atoms with Crippen molar-refractivity contribution in [3.8, 4) is 11.5 Å². The highest BCUT2D eigenvalue weighted by Gasteiger charge is 2.24. The van der Waals surface area contributed by atoms with Gasteiger partial charge in [-0.1, -0.05) is 0 Å². The van der Waals surface area contributed by atoms with E-state index in [1.165, 1.54) is 17.1 Å². The van der Waals surface area contributed by atoms with E-state index in [1.54, 1.807) is 43.6 Å². The number of fused-ring (bicyclic) bond motifs is 1. The molecule has 1 aromatic heterocycles. The maximum absolute atomic E-state index is 13.2. The molecule has 132 valence electrons. The predicted molar refractivity (Wildman–Crippen MR) is 101 cm³/mol. The average Bonchev–Trinajstić information content (AvgIpc) is 2.99. The van der Waals surface area contributed by atoms with Gasteiger partial charge in [0, 0.05) is 21.9 Å². The standard InChI is InChI=1S/C17H15BrClNO4S/c1-23-12-3-5-16-14(7-12)11(9-19)10-20(16)25(21,22)17-6-4-13(24-2)8-15(17)18/h3-8,10H,9H2,1-2H3. The summed E-state index contributed by atoms with van der Waals surface area (Å²) >= 11 is 9.32. The topological polar surface area (TPSA) is 57.5 Å². The highest BCUT2D eigenvalue weighted by molar-refractivity contribution is 9.10. The van der Waals surface area contributed by atoms with Crippen LogP contribution in [0.1, 0.15) is 5.56 Å². The molecule has 0 unspecified atom stereocenters. The van der Waals surface area contributed by atoms with Gasteiger partial charge in [0.1, 0.15) is 16.4 Å². The Balaban J connectivity index is 2.24. The molecule has 0 saturated heterocycles. The zero-order valence-corrected chi connectivity index (χ0v) is 16.7. The van der Waals surface area contributed by atoms with E-state index in [4.69, 9.17) is 21.1 Å². The van der Waals surface area contributed by atoms with Gasteiger partial charge in [-0.3, -0.25) is 0 Å². The molecular formula is C17H15BrClNO4S. The molecule has 8 heteroatoms. The molecule has 0 bridgehead atoms. The quantitative estimate of drug-likeness (QED) is 0.547. The zero-order chi connectivity index (χ0) is 18.2. The van der Waals surface area contributed by atoms with Crippen LogP contribution in [0, 0.1) is 0 Å². The van der Waals surface area contributed by atoms with Crippen LogP contribution in [0.4, 0.5) is 0 Å². The Kier molecular flexibility index (Phi) is 4.99. The maximum atomic E-state index is 13.2. The summed E-state index contributed by atoms with van der Waals surface area (Å²) in [5.74, 6) is 1.39. The lowest BCUT2D eigenvalue weighted by Gasteiger charge is -2.11. The van der Waals surface area contributed by atoms with Crippen molar-refractivity contribution in [3.05, 3.63) is 52.6 Å². The molecule has 2 aromatic carbocycles. The van der Waals surface area contributed by atoms with Crippen LogP contribution >= 0.6 is 27.5 Å². The number of rotatable bonds is 5. The molecule has 0 amide bonds. The van der Waals surface area contributed by atoms with Gasteiger partial charge < -0.3 is 9.47 Å². The number of methoxy groups -OCH3 is 2. The van der Waals surface area contributed by atoms with Crippen molar-refractivity contribution < 1.29 is 17.9 Å². The van der Waals surface area contributed by atoms with Crippen LogP contribution in [0.25, 0.3) is 10.9 Å². The summed E-state index contributed by atoms with van der Waals surface area (Å²) in [6.07, 6.45) is 1.54. The lowest BCUT2D eigenvalue weighted by molar-refractivity contribution is 0.414. The zero-order valence-electron chi connectivity index (χ0n) is 13.5. The van der Waals surface area contributed by atoms with Crippen molar-refractivity contribution in [1.29, 1.82) is 0 Å². The van der Waals surface area contributed by atoms with Crippen LogP contribution in [0.3, 0.4) is 0 Å². The summed E-state index contributed by atoms with van der Waals surface area (Å²) in [5, 5.41) is 0.738. The Morgan fingerprint density at radius 1 is 1.08 bits per heavy atom. The highest BCUT2D eigenvalue weighted by Crippen LogP contribution is 2.33.